The van der Waals surface area contributed by atoms with Crippen LogP contribution in [0.5, 0.6) is 11.8 Å². The molecule has 4 aromatic rings. The zero-order valence-electron chi connectivity index (χ0n) is 15.4. The van der Waals surface area contributed by atoms with Gasteiger partial charge in [-0.1, -0.05) is 23.2 Å². The molecule has 0 fully saturated rings. The average molecular weight is 459 g/mol. The number of aromatic hydroxyl groups is 2. The number of H-pyrrole nitrogens is 2. The van der Waals surface area contributed by atoms with Gasteiger partial charge in [0.25, 0.3) is 11.8 Å². The zero-order valence-corrected chi connectivity index (χ0v) is 16.9. The Morgan fingerprint density at radius 3 is 1.61 bits per heavy atom. The third kappa shape index (κ3) is 4.25. The molecule has 2 heterocycles. The van der Waals surface area contributed by atoms with Crippen LogP contribution in [0.1, 0.15) is 6.42 Å². The molecule has 12 heteroatoms. The van der Waals surface area contributed by atoms with Gasteiger partial charge in [0.1, 0.15) is 6.42 Å². The van der Waals surface area contributed by atoms with Crippen LogP contribution in [0.15, 0.2) is 56.9 Å². The number of aromatic nitrogens is 2. The number of fused-ring (bicyclic) bond motifs is 2. The van der Waals surface area contributed by atoms with Crippen molar-refractivity contribution in [3.05, 3.63) is 46.4 Å². The first-order chi connectivity index (χ1) is 14.8. The van der Waals surface area contributed by atoms with Gasteiger partial charge in [-0.15, -0.1) is 20.5 Å². The number of carbonyl (C=O) groups excluding carboxylic acids is 2. The number of nitrogens with one attached hydrogen (secondary N) is 2. The van der Waals surface area contributed by atoms with Crippen LogP contribution in [-0.2, 0) is 9.59 Å². The maximum atomic E-state index is 12.0. The summed E-state index contributed by atoms with van der Waals surface area (Å²) in [5, 5.41) is 35.9. The Balaban J connectivity index is 1.48. The minimum absolute atomic E-state index is 0.0144. The largest absolute Gasteiger partial charge is 0.493 e. The topological polar surface area (TPSA) is 156 Å². The van der Waals surface area contributed by atoms with Gasteiger partial charge in [-0.25, -0.2) is 0 Å². The number of aromatic amines is 2. The quantitative estimate of drug-likeness (QED) is 0.229. The van der Waals surface area contributed by atoms with Crippen molar-refractivity contribution in [1.82, 2.24) is 9.97 Å². The number of carbonyl (C=O) groups is 2. The van der Waals surface area contributed by atoms with Crippen molar-refractivity contribution in [2.45, 2.75) is 6.42 Å². The lowest BCUT2D eigenvalue weighted by molar-refractivity contribution is -0.126. The Bertz CT molecular complexity index is 1300. The molecule has 4 rings (SSSR count). The molecular formula is C19H12Cl2N6O4. The van der Waals surface area contributed by atoms with E-state index in [9.17, 15) is 19.8 Å². The van der Waals surface area contributed by atoms with E-state index in [0.29, 0.717) is 31.9 Å². The van der Waals surface area contributed by atoms with E-state index < -0.39 is 18.2 Å². The summed E-state index contributed by atoms with van der Waals surface area (Å²) in [4.78, 5) is 29.3. The van der Waals surface area contributed by atoms with Crippen molar-refractivity contribution in [2.24, 2.45) is 20.5 Å². The Morgan fingerprint density at radius 1 is 0.774 bits per heavy atom. The third-order valence-corrected chi connectivity index (χ3v) is 4.72. The van der Waals surface area contributed by atoms with E-state index in [1.165, 1.54) is 0 Å². The fourth-order valence-corrected chi connectivity index (χ4v) is 3.23. The van der Waals surface area contributed by atoms with Crippen molar-refractivity contribution in [3.63, 3.8) is 0 Å². The fraction of sp³-hybridized carbons (Fsp3) is 0.0526. The van der Waals surface area contributed by atoms with Gasteiger partial charge in [-0.05, 0) is 36.4 Å². The monoisotopic (exact) mass is 458 g/mol. The van der Waals surface area contributed by atoms with Gasteiger partial charge < -0.3 is 20.2 Å². The summed E-state index contributed by atoms with van der Waals surface area (Å²) in [6.07, 6.45) is -0.708. The standard InChI is InChI=1S/C19H12Cl2N6O4/c20-8-1-3-12-10(5-8)16(18(30)22-12)26-24-14(28)7-15(29)25-27-17-11-6-9(21)2-4-13(11)23-19(17)31/h1-6,22-23,30-31H,7H2. The van der Waals surface area contributed by atoms with Crippen molar-refractivity contribution in [2.75, 3.05) is 0 Å². The van der Waals surface area contributed by atoms with Crippen LogP contribution in [0, 0.1) is 0 Å². The van der Waals surface area contributed by atoms with Crippen molar-refractivity contribution < 1.29 is 19.8 Å². The Hall–Kier alpha value is -3.76. The second-order valence-corrected chi connectivity index (χ2v) is 7.26. The van der Waals surface area contributed by atoms with Gasteiger partial charge in [0.15, 0.2) is 11.4 Å². The summed E-state index contributed by atoms with van der Waals surface area (Å²) < 4.78 is 0. The molecule has 2 aromatic carbocycles. The zero-order chi connectivity index (χ0) is 22.1. The van der Waals surface area contributed by atoms with Gasteiger partial charge in [-0.3, -0.25) is 9.59 Å². The number of halogens is 2. The maximum Gasteiger partial charge on any atom is 0.274 e. The second kappa shape index (κ2) is 8.17. The van der Waals surface area contributed by atoms with Crippen LogP contribution in [-0.4, -0.2) is 32.0 Å². The Kier molecular flexibility index (Phi) is 5.40. The van der Waals surface area contributed by atoms with E-state index in [-0.39, 0.29) is 23.1 Å². The normalized spacial score (nSPS) is 11.9. The fourth-order valence-electron chi connectivity index (χ4n) is 2.89. The molecule has 10 nitrogen and oxygen atoms in total. The second-order valence-electron chi connectivity index (χ2n) is 6.39. The molecule has 0 spiro atoms. The van der Waals surface area contributed by atoms with Crippen LogP contribution >= 0.6 is 23.2 Å². The summed E-state index contributed by atoms with van der Waals surface area (Å²) in [5.74, 6) is -2.39. The van der Waals surface area contributed by atoms with Gasteiger partial charge >= 0.3 is 0 Å². The first kappa shape index (κ1) is 20.5. The van der Waals surface area contributed by atoms with Gasteiger partial charge in [0.2, 0.25) is 11.8 Å². The predicted octanol–water partition coefficient (Wildman–Crippen LogP) is 5.68. The molecule has 0 atom stereocenters. The van der Waals surface area contributed by atoms with E-state index in [2.05, 4.69) is 30.4 Å². The molecule has 156 valence electrons. The molecule has 2 amide bonds. The summed E-state index contributed by atoms with van der Waals surface area (Å²) in [5.41, 5.74) is 1.12. The summed E-state index contributed by atoms with van der Waals surface area (Å²) in [7, 11) is 0. The summed E-state index contributed by atoms with van der Waals surface area (Å²) in [6, 6.07) is 9.60. The molecule has 31 heavy (non-hydrogen) atoms. The molecule has 4 N–H and O–H groups in total. The van der Waals surface area contributed by atoms with Crippen LogP contribution in [0.2, 0.25) is 10.0 Å². The first-order valence-electron chi connectivity index (χ1n) is 8.71. The smallest absolute Gasteiger partial charge is 0.274 e. The molecule has 0 aliphatic carbocycles. The number of amides is 2. The molecule has 0 aliphatic heterocycles. The van der Waals surface area contributed by atoms with Crippen LogP contribution in [0.4, 0.5) is 11.4 Å². The average Bonchev–Trinajstić information content (AvgIpc) is 3.19. The number of hydrogen-bond donors (Lipinski definition) is 4. The molecule has 0 radical (unpaired) electrons. The minimum Gasteiger partial charge on any atom is -0.493 e. The highest BCUT2D eigenvalue weighted by Gasteiger charge is 2.14. The molecule has 0 bridgehead atoms. The SMILES string of the molecule is O=C(CC(=O)N=Nc1c(O)[nH]c2ccc(Cl)cc12)N=Nc1c(O)[nH]c2ccc(Cl)cc12. The summed E-state index contributed by atoms with van der Waals surface area (Å²) >= 11 is 11.9. The van der Waals surface area contributed by atoms with Crippen LogP contribution in [0.3, 0.4) is 0 Å². The Labute approximate surface area is 183 Å². The number of benzene rings is 2. The number of hydrogen-bond acceptors (Lipinski definition) is 6. The van der Waals surface area contributed by atoms with E-state index in [1.54, 1.807) is 36.4 Å². The highest BCUT2D eigenvalue weighted by Crippen LogP contribution is 2.38. The third-order valence-electron chi connectivity index (χ3n) is 4.25. The van der Waals surface area contributed by atoms with E-state index >= 15 is 0 Å². The predicted molar refractivity (Wildman–Crippen MR) is 114 cm³/mol. The molecule has 0 aliphatic rings. The molecule has 0 unspecified atom stereocenters. The molecule has 0 saturated heterocycles. The van der Waals surface area contributed by atoms with Gasteiger partial charge in [0, 0.05) is 20.8 Å². The van der Waals surface area contributed by atoms with Gasteiger partial charge in [0.05, 0.1) is 11.0 Å². The molecule has 0 saturated carbocycles. The number of rotatable bonds is 4. The van der Waals surface area contributed by atoms with Crippen molar-refractivity contribution in [3.8, 4) is 11.8 Å². The molecule has 2 aromatic heterocycles. The van der Waals surface area contributed by atoms with Crippen molar-refractivity contribution in [1.29, 1.82) is 0 Å². The molecular weight excluding hydrogens is 447 g/mol. The number of nitrogens with zero attached hydrogens (tertiary/aromatic N) is 4. The van der Waals surface area contributed by atoms with E-state index in [4.69, 9.17) is 23.2 Å². The van der Waals surface area contributed by atoms with Crippen LogP contribution in [0.25, 0.3) is 21.8 Å². The lowest BCUT2D eigenvalue weighted by atomic mass is 10.2. The lowest BCUT2D eigenvalue weighted by Crippen LogP contribution is -2.01. The van der Waals surface area contributed by atoms with Crippen molar-refractivity contribution >= 4 is 68.2 Å². The van der Waals surface area contributed by atoms with Gasteiger partial charge in [-0.2, -0.15) is 0 Å². The van der Waals surface area contributed by atoms with E-state index in [1.807, 2.05) is 0 Å². The number of azo groups is 2. The Morgan fingerprint density at radius 2 is 1.19 bits per heavy atom. The van der Waals surface area contributed by atoms with Crippen LogP contribution < -0.4 is 0 Å². The highest BCUT2D eigenvalue weighted by atomic mass is 35.5. The summed E-state index contributed by atoms with van der Waals surface area (Å²) in [6.45, 7) is 0. The lowest BCUT2D eigenvalue weighted by Gasteiger charge is -1.94. The maximum absolute atomic E-state index is 12.0. The van der Waals surface area contributed by atoms with E-state index in [0.717, 1.165) is 0 Å². The highest BCUT2D eigenvalue weighted by molar-refractivity contribution is 6.31. The minimum atomic E-state index is -0.897. The first-order valence-corrected chi connectivity index (χ1v) is 9.47.